The SMILES string of the molecule is Cc1ccc(S(=O)(=O)OC/C=N/S(=O)C(C)(C)C)cc1. The quantitative estimate of drug-likeness (QED) is 0.616. The summed E-state index contributed by atoms with van der Waals surface area (Å²) in [6, 6.07) is 6.35. The van der Waals surface area contributed by atoms with E-state index in [1.807, 2.05) is 6.92 Å². The first-order valence-corrected chi connectivity index (χ1v) is 8.55. The molecule has 20 heavy (non-hydrogen) atoms. The lowest BCUT2D eigenvalue weighted by Gasteiger charge is -2.12. The zero-order valence-corrected chi connectivity index (χ0v) is 13.6. The Labute approximate surface area is 122 Å². The summed E-state index contributed by atoms with van der Waals surface area (Å²) in [5.74, 6) is 0. The smallest absolute Gasteiger partial charge is 0.261 e. The second kappa shape index (κ2) is 6.60. The fraction of sp³-hybridized carbons (Fsp3) is 0.462. The third-order valence-corrected chi connectivity index (χ3v) is 4.99. The van der Waals surface area contributed by atoms with Gasteiger partial charge in [0.05, 0.1) is 9.64 Å². The normalized spacial score (nSPS) is 14.6. The maximum Gasteiger partial charge on any atom is 0.297 e. The zero-order valence-electron chi connectivity index (χ0n) is 12.0. The van der Waals surface area contributed by atoms with Crippen molar-refractivity contribution in [1.29, 1.82) is 0 Å². The van der Waals surface area contributed by atoms with Gasteiger partial charge in [-0.05, 0) is 39.8 Å². The molecular formula is C13H19NO4S2. The molecule has 112 valence electrons. The van der Waals surface area contributed by atoms with Crippen LogP contribution in [0, 0.1) is 6.92 Å². The van der Waals surface area contributed by atoms with Crippen molar-refractivity contribution in [3.8, 4) is 0 Å². The minimum absolute atomic E-state index is 0.0912. The highest BCUT2D eigenvalue weighted by atomic mass is 32.2. The van der Waals surface area contributed by atoms with Gasteiger partial charge in [-0.15, -0.1) is 0 Å². The lowest BCUT2D eigenvalue weighted by atomic mass is 10.2. The number of benzene rings is 1. The van der Waals surface area contributed by atoms with E-state index in [-0.39, 0.29) is 11.5 Å². The van der Waals surface area contributed by atoms with E-state index in [0.717, 1.165) is 5.56 Å². The zero-order chi connectivity index (χ0) is 15.4. The molecule has 0 N–H and O–H groups in total. The number of aryl methyl sites for hydroxylation is 1. The predicted octanol–water partition coefficient (Wildman–Crippen LogP) is 2.23. The first kappa shape index (κ1) is 17.0. The Morgan fingerprint density at radius 2 is 1.80 bits per heavy atom. The molecule has 0 spiro atoms. The molecule has 1 atom stereocenters. The average Bonchev–Trinajstić information content (AvgIpc) is 2.33. The van der Waals surface area contributed by atoms with Crippen molar-refractivity contribution in [1.82, 2.24) is 0 Å². The molecule has 0 aromatic heterocycles. The van der Waals surface area contributed by atoms with Crippen LogP contribution in [0.3, 0.4) is 0 Å². The lowest BCUT2D eigenvalue weighted by molar-refractivity contribution is 0.371. The van der Waals surface area contributed by atoms with Crippen molar-refractivity contribution < 1.29 is 16.8 Å². The van der Waals surface area contributed by atoms with Gasteiger partial charge in [-0.25, -0.2) is 4.21 Å². The number of nitrogens with zero attached hydrogens (tertiary/aromatic N) is 1. The minimum atomic E-state index is -3.80. The summed E-state index contributed by atoms with van der Waals surface area (Å²) in [7, 11) is -5.22. The summed E-state index contributed by atoms with van der Waals surface area (Å²) < 4.78 is 43.3. The topological polar surface area (TPSA) is 72.8 Å². The number of hydrogen-bond donors (Lipinski definition) is 0. The van der Waals surface area contributed by atoms with Gasteiger partial charge in [0.15, 0.2) is 0 Å². The maximum atomic E-state index is 11.8. The van der Waals surface area contributed by atoms with Crippen LogP contribution in [0.15, 0.2) is 33.6 Å². The molecule has 0 amide bonds. The summed E-state index contributed by atoms with van der Waals surface area (Å²) >= 11 is 0. The highest BCUT2D eigenvalue weighted by Gasteiger charge is 2.18. The molecule has 7 heteroatoms. The van der Waals surface area contributed by atoms with Gasteiger partial charge in [-0.1, -0.05) is 17.7 Å². The van der Waals surface area contributed by atoms with E-state index >= 15 is 0 Å². The molecule has 0 radical (unpaired) electrons. The van der Waals surface area contributed by atoms with E-state index in [2.05, 4.69) is 4.40 Å². The molecule has 0 saturated heterocycles. The van der Waals surface area contributed by atoms with Crippen LogP contribution in [0.1, 0.15) is 26.3 Å². The van der Waals surface area contributed by atoms with Crippen LogP contribution >= 0.6 is 0 Å². The van der Waals surface area contributed by atoms with Crippen molar-refractivity contribution in [2.45, 2.75) is 37.3 Å². The Balaban J connectivity index is 2.63. The van der Waals surface area contributed by atoms with Gasteiger partial charge in [-0.3, -0.25) is 4.18 Å². The maximum absolute atomic E-state index is 11.8. The summed E-state index contributed by atoms with van der Waals surface area (Å²) in [4.78, 5) is 0.0912. The largest absolute Gasteiger partial charge is 0.297 e. The average molecular weight is 317 g/mol. The van der Waals surface area contributed by atoms with Crippen LogP contribution < -0.4 is 0 Å². The minimum Gasteiger partial charge on any atom is -0.261 e. The number of hydrogen-bond acceptors (Lipinski definition) is 4. The molecule has 1 rings (SSSR count). The number of rotatable bonds is 5. The molecule has 0 aliphatic rings. The second-order valence-electron chi connectivity index (χ2n) is 5.20. The fourth-order valence-electron chi connectivity index (χ4n) is 1.15. The first-order chi connectivity index (χ1) is 9.13. The summed E-state index contributed by atoms with van der Waals surface area (Å²) in [6.07, 6.45) is 1.22. The van der Waals surface area contributed by atoms with Crippen molar-refractivity contribution in [2.24, 2.45) is 4.40 Å². The molecule has 0 aliphatic heterocycles. The molecular weight excluding hydrogens is 298 g/mol. The highest BCUT2D eigenvalue weighted by Crippen LogP contribution is 2.13. The van der Waals surface area contributed by atoms with Gasteiger partial charge in [0, 0.05) is 6.21 Å². The van der Waals surface area contributed by atoms with Gasteiger partial charge in [0.2, 0.25) is 0 Å². The molecule has 0 heterocycles. The van der Waals surface area contributed by atoms with Crippen LogP contribution in [0.2, 0.25) is 0 Å². The molecule has 0 aliphatic carbocycles. The molecule has 0 fully saturated rings. The Morgan fingerprint density at radius 1 is 1.25 bits per heavy atom. The monoisotopic (exact) mass is 317 g/mol. The van der Waals surface area contributed by atoms with E-state index in [0.29, 0.717) is 0 Å². The Kier molecular flexibility index (Phi) is 5.61. The van der Waals surface area contributed by atoms with E-state index in [4.69, 9.17) is 4.18 Å². The van der Waals surface area contributed by atoms with Gasteiger partial charge >= 0.3 is 0 Å². The standard InChI is InChI=1S/C13H19NO4S2/c1-11-5-7-12(8-6-11)20(16,17)18-10-9-14-19(15)13(2,3)4/h5-9H,10H2,1-4H3/b14-9+. The van der Waals surface area contributed by atoms with Crippen LogP contribution in [0.5, 0.6) is 0 Å². The van der Waals surface area contributed by atoms with Crippen molar-refractivity contribution in [2.75, 3.05) is 6.61 Å². The molecule has 5 nitrogen and oxygen atoms in total. The third-order valence-electron chi connectivity index (χ3n) is 2.30. The summed E-state index contributed by atoms with van der Waals surface area (Å²) in [5, 5.41) is 0. The highest BCUT2D eigenvalue weighted by molar-refractivity contribution is 7.86. The molecule has 1 aromatic rings. The van der Waals surface area contributed by atoms with Crippen LogP contribution in [0.4, 0.5) is 0 Å². The van der Waals surface area contributed by atoms with Gasteiger partial charge in [-0.2, -0.15) is 12.8 Å². The van der Waals surface area contributed by atoms with Crippen molar-refractivity contribution in [3.05, 3.63) is 29.8 Å². The molecule has 1 unspecified atom stereocenters. The predicted molar refractivity (Wildman–Crippen MR) is 80.7 cm³/mol. The van der Waals surface area contributed by atoms with E-state index in [1.54, 1.807) is 32.9 Å². The van der Waals surface area contributed by atoms with E-state index in [1.165, 1.54) is 18.3 Å². The Morgan fingerprint density at radius 3 is 2.30 bits per heavy atom. The summed E-state index contributed by atoms with van der Waals surface area (Å²) in [5.41, 5.74) is 0.964. The van der Waals surface area contributed by atoms with E-state index in [9.17, 15) is 12.6 Å². The van der Waals surface area contributed by atoms with Gasteiger partial charge < -0.3 is 0 Å². The van der Waals surface area contributed by atoms with Crippen molar-refractivity contribution >= 4 is 27.3 Å². The van der Waals surface area contributed by atoms with Crippen LogP contribution in [0.25, 0.3) is 0 Å². The lowest BCUT2D eigenvalue weighted by Crippen LogP contribution is -2.20. The summed E-state index contributed by atoms with van der Waals surface area (Å²) in [6.45, 7) is 6.98. The molecule has 0 saturated carbocycles. The fourth-order valence-corrected chi connectivity index (χ4v) is 2.51. The third kappa shape index (κ3) is 5.15. The van der Waals surface area contributed by atoms with Crippen LogP contribution in [-0.2, 0) is 25.3 Å². The first-order valence-electron chi connectivity index (χ1n) is 6.03. The molecule has 0 bridgehead atoms. The molecule has 1 aromatic carbocycles. The van der Waals surface area contributed by atoms with E-state index < -0.39 is 25.9 Å². The Hall–Kier alpha value is -1.05. The van der Waals surface area contributed by atoms with Gasteiger partial charge in [0.1, 0.15) is 17.6 Å². The Bertz CT molecular complexity index is 598. The second-order valence-corrected chi connectivity index (χ2v) is 8.75. The van der Waals surface area contributed by atoms with Gasteiger partial charge in [0.25, 0.3) is 10.1 Å². The van der Waals surface area contributed by atoms with Crippen LogP contribution in [-0.4, -0.2) is 30.2 Å². The van der Waals surface area contributed by atoms with Crippen molar-refractivity contribution in [3.63, 3.8) is 0 Å².